The van der Waals surface area contributed by atoms with Crippen LogP contribution in [-0.4, -0.2) is 12.2 Å². The van der Waals surface area contributed by atoms with E-state index >= 15 is 0 Å². The minimum atomic E-state index is 0.325. The molecule has 2 heteroatoms. The van der Waals surface area contributed by atoms with Gasteiger partial charge in [0, 0.05) is 5.56 Å². The van der Waals surface area contributed by atoms with E-state index in [0.717, 1.165) is 42.6 Å². The summed E-state index contributed by atoms with van der Waals surface area (Å²) in [5.41, 5.74) is 5.95. The molecule has 0 spiro atoms. The number of phenols is 1. The highest BCUT2D eigenvalue weighted by Gasteiger charge is 2.10. The quantitative estimate of drug-likeness (QED) is 0.520. The van der Waals surface area contributed by atoms with Gasteiger partial charge in [-0.15, -0.1) is 0 Å². The number of rotatable bonds is 9. The van der Waals surface area contributed by atoms with Crippen molar-refractivity contribution >= 4 is 0 Å². The van der Waals surface area contributed by atoms with Gasteiger partial charge in [-0.1, -0.05) is 53.6 Å². The highest BCUT2D eigenvalue weighted by molar-refractivity contribution is 5.48. The first-order valence-corrected chi connectivity index (χ1v) is 9.71. The Kier molecular flexibility index (Phi) is 8.19. The van der Waals surface area contributed by atoms with Gasteiger partial charge in [-0.05, 0) is 76.1 Å². The minimum Gasteiger partial charge on any atom is -0.508 e. The fourth-order valence-electron chi connectivity index (χ4n) is 3.12. The van der Waals surface area contributed by atoms with E-state index in [2.05, 4.69) is 63.3 Å². The van der Waals surface area contributed by atoms with Gasteiger partial charge in [-0.3, -0.25) is 0 Å². The van der Waals surface area contributed by atoms with Gasteiger partial charge < -0.3 is 9.84 Å². The van der Waals surface area contributed by atoms with Crippen LogP contribution in [0.3, 0.4) is 0 Å². The van der Waals surface area contributed by atoms with Crippen molar-refractivity contribution in [2.45, 2.75) is 52.9 Å². The van der Waals surface area contributed by atoms with Gasteiger partial charge in [0.25, 0.3) is 0 Å². The van der Waals surface area contributed by atoms with Gasteiger partial charge in [-0.25, -0.2) is 0 Å². The fraction of sp³-hybridized carbons (Fsp3) is 0.360. The number of aromatic hydroxyl groups is 1. The van der Waals surface area contributed by atoms with E-state index in [1.807, 2.05) is 12.1 Å². The first kappa shape index (κ1) is 20.8. The predicted molar refractivity (Wildman–Crippen MR) is 115 cm³/mol. The molecule has 2 nitrogen and oxygen atoms in total. The highest BCUT2D eigenvalue weighted by Crippen LogP contribution is 2.31. The number of benzene rings is 2. The summed E-state index contributed by atoms with van der Waals surface area (Å²) in [7, 11) is 1.67. The zero-order valence-corrected chi connectivity index (χ0v) is 17.1. The Balaban J connectivity index is 2.05. The number of methoxy groups -OCH3 is 1. The molecule has 0 aliphatic carbocycles. The van der Waals surface area contributed by atoms with E-state index in [0.29, 0.717) is 12.2 Å². The summed E-state index contributed by atoms with van der Waals surface area (Å²) in [6.45, 7) is 6.40. The summed E-state index contributed by atoms with van der Waals surface area (Å²) >= 11 is 0. The Hall–Kier alpha value is -2.48. The molecule has 0 bridgehead atoms. The normalized spacial score (nSPS) is 11.3. The monoisotopic (exact) mass is 364 g/mol. The summed E-state index contributed by atoms with van der Waals surface area (Å²) in [5, 5.41) is 10.5. The Morgan fingerprint density at radius 1 is 0.963 bits per heavy atom. The number of hydrogen-bond acceptors (Lipinski definition) is 2. The molecule has 0 unspecified atom stereocenters. The molecular formula is C25H32O2. The molecule has 0 saturated heterocycles. The Morgan fingerprint density at radius 3 is 2.33 bits per heavy atom. The van der Waals surface area contributed by atoms with Crippen molar-refractivity contribution in [1.82, 2.24) is 0 Å². The lowest BCUT2D eigenvalue weighted by Gasteiger charge is -2.12. The third-order valence-electron chi connectivity index (χ3n) is 4.76. The average molecular weight is 365 g/mol. The van der Waals surface area contributed by atoms with Crippen LogP contribution in [-0.2, 0) is 19.3 Å². The molecule has 27 heavy (non-hydrogen) atoms. The molecule has 0 heterocycles. The smallest absolute Gasteiger partial charge is 0.126 e. The molecule has 0 aliphatic rings. The van der Waals surface area contributed by atoms with Gasteiger partial charge in [0.05, 0.1) is 7.11 Å². The van der Waals surface area contributed by atoms with Gasteiger partial charge in [0.2, 0.25) is 0 Å². The molecule has 0 saturated carbocycles. The molecule has 2 aromatic carbocycles. The maximum atomic E-state index is 10.5. The van der Waals surface area contributed by atoms with E-state index < -0.39 is 0 Å². The van der Waals surface area contributed by atoms with Crippen LogP contribution in [0, 0.1) is 0 Å². The lowest BCUT2D eigenvalue weighted by atomic mass is 9.99. The van der Waals surface area contributed by atoms with Crippen molar-refractivity contribution in [3.05, 3.63) is 82.5 Å². The van der Waals surface area contributed by atoms with E-state index in [-0.39, 0.29) is 0 Å². The number of hydrogen-bond donors (Lipinski definition) is 1. The second-order valence-electron chi connectivity index (χ2n) is 7.36. The maximum absolute atomic E-state index is 10.5. The summed E-state index contributed by atoms with van der Waals surface area (Å²) in [5.74, 6) is 1.09. The van der Waals surface area contributed by atoms with E-state index in [9.17, 15) is 5.11 Å². The fourth-order valence-corrected chi connectivity index (χ4v) is 3.12. The lowest BCUT2D eigenvalue weighted by molar-refractivity contribution is 0.400. The van der Waals surface area contributed by atoms with E-state index in [4.69, 9.17) is 4.74 Å². The van der Waals surface area contributed by atoms with Crippen LogP contribution in [0.2, 0.25) is 0 Å². The standard InChI is InChI=1S/C25H32O2/c1-19(2)9-8-10-20(3)13-16-23-24(26)17-22(18-25(23)27-4)15-14-21-11-6-5-7-12-21/h5-7,9,11-13,17-18,26H,8,10,14-16H2,1-4H3. The molecule has 0 atom stereocenters. The van der Waals surface area contributed by atoms with Crippen molar-refractivity contribution in [3.63, 3.8) is 0 Å². The van der Waals surface area contributed by atoms with Crippen molar-refractivity contribution in [1.29, 1.82) is 0 Å². The predicted octanol–water partition coefficient (Wildman–Crippen LogP) is 6.42. The highest BCUT2D eigenvalue weighted by atomic mass is 16.5. The van der Waals surface area contributed by atoms with Gasteiger partial charge in [0.1, 0.15) is 11.5 Å². The van der Waals surface area contributed by atoms with Crippen molar-refractivity contribution in [2.75, 3.05) is 7.11 Å². The van der Waals surface area contributed by atoms with Crippen LogP contribution in [0.1, 0.15) is 50.3 Å². The number of phenolic OH excluding ortho intramolecular Hbond substituents is 1. The van der Waals surface area contributed by atoms with Crippen LogP contribution in [0.15, 0.2) is 65.8 Å². The van der Waals surface area contributed by atoms with Crippen molar-refractivity contribution in [2.24, 2.45) is 0 Å². The summed E-state index contributed by atoms with van der Waals surface area (Å²) in [6.07, 6.45) is 9.08. The first-order chi connectivity index (χ1) is 13.0. The number of aryl methyl sites for hydroxylation is 2. The van der Waals surface area contributed by atoms with E-state index in [1.165, 1.54) is 16.7 Å². The average Bonchev–Trinajstić information content (AvgIpc) is 2.65. The first-order valence-electron chi connectivity index (χ1n) is 9.71. The number of allylic oxidation sites excluding steroid dienone is 4. The SMILES string of the molecule is COc1cc(CCc2ccccc2)cc(O)c1CC=C(C)CCC=C(C)C. The Labute approximate surface area is 164 Å². The molecule has 1 N–H and O–H groups in total. The molecule has 2 aromatic rings. The van der Waals surface area contributed by atoms with Gasteiger partial charge >= 0.3 is 0 Å². The summed E-state index contributed by atoms with van der Waals surface area (Å²) in [4.78, 5) is 0. The topological polar surface area (TPSA) is 29.5 Å². The molecular weight excluding hydrogens is 332 g/mol. The van der Waals surface area contributed by atoms with Crippen molar-refractivity contribution < 1.29 is 9.84 Å². The third-order valence-corrected chi connectivity index (χ3v) is 4.76. The van der Waals surface area contributed by atoms with Crippen molar-refractivity contribution in [3.8, 4) is 11.5 Å². The van der Waals surface area contributed by atoms with Crippen LogP contribution in [0.4, 0.5) is 0 Å². The number of ether oxygens (including phenoxy) is 1. The molecule has 144 valence electrons. The molecule has 0 fully saturated rings. The molecule has 0 amide bonds. The van der Waals surface area contributed by atoms with Crippen LogP contribution >= 0.6 is 0 Å². The molecule has 0 aliphatic heterocycles. The van der Waals surface area contributed by atoms with E-state index in [1.54, 1.807) is 7.11 Å². The van der Waals surface area contributed by atoms with Crippen LogP contribution in [0.25, 0.3) is 0 Å². The lowest BCUT2D eigenvalue weighted by Crippen LogP contribution is -1.97. The second-order valence-corrected chi connectivity index (χ2v) is 7.36. The van der Waals surface area contributed by atoms with Crippen LogP contribution < -0.4 is 4.74 Å². The Morgan fingerprint density at radius 2 is 1.67 bits per heavy atom. The Bertz CT molecular complexity index is 781. The molecule has 2 rings (SSSR count). The van der Waals surface area contributed by atoms with Gasteiger partial charge in [0.15, 0.2) is 0 Å². The summed E-state index contributed by atoms with van der Waals surface area (Å²) in [6, 6.07) is 14.4. The second kappa shape index (κ2) is 10.6. The largest absolute Gasteiger partial charge is 0.508 e. The maximum Gasteiger partial charge on any atom is 0.126 e. The zero-order valence-electron chi connectivity index (χ0n) is 17.1. The third kappa shape index (κ3) is 6.97. The summed E-state index contributed by atoms with van der Waals surface area (Å²) < 4.78 is 5.57. The zero-order chi connectivity index (χ0) is 19.6. The molecule has 0 radical (unpaired) electrons. The molecule has 0 aromatic heterocycles. The van der Waals surface area contributed by atoms with Gasteiger partial charge in [-0.2, -0.15) is 0 Å². The minimum absolute atomic E-state index is 0.325. The van der Waals surface area contributed by atoms with Crippen LogP contribution in [0.5, 0.6) is 11.5 Å².